The van der Waals surface area contributed by atoms with Gasteiger partial charge in [0.2, 0.25) is 0 Å². The molecule has 1 aromatic heterocycles. The zero-order chi connectivity index (χ0) is 15.5. The van der Waals surface area contributed by atoms with Gasteiger partial charge in [-0.3, -0.25) is 0 Å². The Kier molecular flexibility index (Phi) is 3.78. The molecule has 2 aromatic carbocycles. The highest BCUT2D eigenvalue weighted by atomic mass is 16.5. The van der Waals surface area contributed by atoms with Crippen molar-refractivity contribution in [3.63, 3.8) is 0 Å². The van der Waals surface area contributed by atoms with Crippen LogP contribution in [-0.4, -0.2) is 29.7 Å². The van der Waals surface area contributed by atoms with Gasteiger partial charge in [-0.1, -0.05) is 18.2 Å². The first kappa shape index (κ1) is 14.1. The van der Waals surface area contributed by atoms with Gasteiger partial charge in [-0.15, -0.1) is 0 Å². The highest BCUT2D eigenvalue weighted by Gasteiger charge is 2.16. The van der Waals surface area contributed by atoms with Crippen molar-refractivity contribution in [1.29, 1.82) is 0 Å². The van der Waals surface area contributed by atoms with Crippen LogP contribution in [0.2, 0.25) is 0 Å². The summed E-state index contributed by atoms with van der Waals surface area (Å²) in [6.45, 7) is 2.51. The monoisotopic (exact) mass is 296 g/mol. The molecular weight excluding hydrogens is 280 g/mol. The van der Waals surface area contributed by atoms with Crippen LogP contribution in [0, 0.1) is 0 Å². The van der Waals surface area contributed by atoms with Crippen LogP contribution in [0.25, 0.3) is 22.4 Å². The number of rotatable bonds is 4. The van der Waals surface area contributed by atoms with Gasteiger partial charge in [0, 0.05) is 0 Å². The third-order valence-electron chi connectivity index (χ3n) is 3.36. The number of benzene rings is 2. The summed E-state index contributed by atoms with van der Waals surface area (Å²) in [6.07, 6.45) is 0. The van der Waals surface area contributed by atoms with Crippen molar-refractivity contribution in [3.8, 4) is 17.1 Å². The quantitative estimate of drug-likeness (QED) is 0.749. The Bertz CT molecular complexity index is 824. The Morgan fingerprint density at radius 1 is 1.18 bits per heavy atom. The maximum atomic E-state index is 11.8. The second-order valence-electron chi connectivity index (χ2n) is 4.71. The number of aromatic amines is 1. The van der Waals surface area contributed by atoms with Crippen LogP contribution < -0.4 is 4.74 Å². The number of para-hydroxylation sites is 2. The molecule has 0 aliphatic heterocycles. The van der Waals surface area contributed by atoms with E-state index >= 15 is 0 Å². The molecule has 0 saturated carbocycles. The number of imidazole rings is 1. The number of fused-ring (bicyclic) bond motifs is 1. The van der Waals surface area contributed by atoms with E-state index < -0.39 is 5.97 Å². The van der Waals surface area contributed by atoms with Crippen LogP contribution in [0.5, 0.6) is 5.75 Å². The molecule has 0 amide bonds. The molecular formula is C17H16N2O3. The van der Waals surface area contributed by atoms with Gasteiger partial charge in [0.25, 0.3) is 0 Å². The summed E-state index contributed by atoms with van der Waals surface area (Å²) in [5, 5.41) is 0. The summed E-state index contributed by atoms with van der Waals surface area (Å²) in [6, 6.07) is 13.0. The van der Waals surface area contributed by atoms with Crippen LogP contribution >= 0.6 is 0 Å². The fourth-order valence-electron chi connectivity index (χ4n) is 2.38. The van der Waals surface area contributed by atoms with Gasteiger partial charge in [-0.05, 0) is 31.2 Å². The average molecular weight is 296 g/mol. The summed E-state index contributed by atoms with van der Waals surface area (Å²) in [5.74, 6) is 1.01. The van der Waals surface area contributed by atoms with E-state index in [1.807, 2.05) is 37.3 Å². The zero-order valence-electron chi connectivity index (χ0n) is 12.4. The van der Waals surface area contributed by atoms with E-state index in [0.717, 1.165) is 16.8 Å². The van der Waals surface area contributed by atoms with Gasteiger partial charge in [0.1, 0.15) is 17.1 Å². The predicted molar refractivity (Wildman–Crippen MR) is 84.0 cm³/mol. The number of hydrogen-bond acceptors (Lipinski definition) is 4. The molecule has 22 heavy (non-hydrogen) atoms. The van der Waals surface area contributed by atoms with E-state index in [4.69, 9.17) is 9.47 Å². The number of H-pyrrole nitrogens is 1. The van der Waals surface area contributed by atoms with Crippen LogP contribution in [-0.2, 0) is 4.74 Å². The number of hydrogen-bond donors (Lipinski definition) is 1. The van der Waals surface area contributed by atoms with Gasteiger partial charge in [0.05, 0.1) is 30.4 Å². The van der Waals surface area contributed by atoms with Crippen molar-refractivity contribution >= 4 is 17.0 Å². The van der Waals surface area contributed by atoms with Crippen LogP contribution in [0.3, 0.4) is 0 Å². The molecule has 3 rings (SSSR count). The molecule has 5 nitrogen and oxygen atoms in total. The molecule has 0 saturated heterocycles. The van der Waals surface area contributed by atoms with Gasteiger partial charge >= 0.3 is 5.97 Å². The van der Waals surface area contributed by atoms with E-state index in [-0.39, 0.29) is 0 Å². The lowest BCUT2D eigenvalue weighted by molar-refractivity contribution is 0.0603. The molecule has 1 N–H and O–H groups in total. The highest BCUT2D eigenvalue weighted by Crippen LogP contribution is 2.30. The standard InChI is InChI=1S/C17H16N2O3/c1-3-22-14-10-5-4-7-11(14)16-18-13-9-6-8-12(15(13)19-16)17(20)21-2/h4-10H,3H2,1-2H3,(H,18,19). The average Bonchev–Trinajstić information content (AvgIpc) is 2.98. The summed E-state index contributed by atoms with van der Waals surface area (Å²) in [7, 11) is 1.36. The van der Waals surface area contributed by atoms with E-state index in [9.17, 15) is 4.79 Å². The molecule has 0 atom stereocenters. The molecule has 5 heteroatoms. The Labute approximate surface area is 127 Å². The third-order valence-corrected chi connectivity index (χ3v) is 3.36. The number of carbonyl (C=O) groups is 1. The largest absolute Gasteiger partial charge is 0.493 e. The lowest BCUT2D eigenvalue weighted by Crippen LogP contribution is -2.01. The van der Waals surface area contributed by atoms with E-state index in [0.29, 0.717) is 23.5 Å². The molecule has 0 radical (unpaired) electrons. The van der Waals surface area contributed by atoms with Gasteiger partial charge < -0.3 is 14.5 Å². The molecule has 0 bridgehead atoms. The SMILES string of the molecule is CCOc1ccccc1-c1nc2c(C(=O)OC)cccc2[nH]1. The van der Waals surface area contributed by atoms with Gasteiger partial charge in [0.15, 0.2) is 0 Å². The first-order valence-corrected chi connectivity index (χ1v) is 7.03. The summed E-state index contributed by atoms with van der Waals surface area (Å²) < 4.78 is 10.4. The zero-order valence-corrected chi connectivity index (χ0v) is 12.4. The number of ether oxygens (including phenoxy) is 2. The predicted octanol–water partition coefficient (Wildman–Crippen LogP) is 3.42. The maximum Gasteiger partial charge on any atom is 0.340 e. The lowest BCUT2D eigenvalue weighted by atomic mass is 10.2. The third kappa shape index (κ3) is 2.41. The van der Waals surface area contributed by atoms with Crippen molar-refractivity contribution in [2.24, 2.45) is 0 Å². The number of nitrogens with one attached hydrogen (secondary N) is 1. The summed E-state index contributed by atoms with van der Waals surface area (Å²) in [5.41, 5.74) is 2.67. The Balaban J connectivity index is 2.16. The molecule has 0 aliphatic rings. The second-order valence-corrected chi connectivity index (χ2v) is 4.71. The van der Waals surface area contributed by atoms with Crippen molar-refractivity contribution in [3.05, 3.63) is 48.0 Å². The smallest absolute Gasteiger partial charge is 0.340 e. The minimum absolute atomic E-state index is 0.401. The first-order valence-electron chi connectivity index (χ1n) is 7.03. The first-order chi connectivity index (χ1) is 10.7. The van der Waals surface area contributed by atoms with Crippen molar-refractivity contribution in [1.82, 2.24) is 9.97 Å². The second kappa shape index (κ2) is 5.89. The Hall–Kier alpha value is -2.82. The molecule has 0 fully saturated rings. The fourth-order valence-corrected chi connectivity index (χ4v) is 2.38. The van der Waals surface area contributed by atoms with Crippen LogP contribution in [0.1, 0.15) is 17.3 Å². The van der Waals surface area contributed by atoms with Gasteiger partial charge in [-0.25, -0.2) is 9.78 Å². The maximum absolute atomic E-state index is 11.8. The van der Waals surface area contributed by atoms with E-state index in [2.05, 4.69) is 9.97 Å². The van der Waals surface area contributed by atoms with Crippen molar-refractivity contribution in [2.75, 3.05) is 13.7 Å². The number of esters is 1. The Morgan fingerprint density at radius 2 is 2.00 bits per heavy atom. The highest BCUT2D eigenvalue weighted by molar-refractivity contribution is 6.02. The minimum atomic E-state index is -0.401. The normalized spacial score (nSPS) is 10.6. The molecule has 112 valence electrons. The molecule has 0 spiro atoms. The molecule has 0 unspecified atom stereocenters. The van der Waals surface area contributed by atoms with Gasteiger partial charge in [-0.2, -0.15) is 0 Å². The number of nitrogens with zero attached hydrogens (tertiary/aromatic N) is 1. The van der Waals surface area contributed by atoms with E-state index in [1.54, 1.807) is 12.1 Å². The lowest BCUT2D eigenvalue weighted by Gasteiger charge is -2.07. The minimum Gasteiger partial charge on any atom is -0.493 e. The van der Waals surface area contributed by atoms with Crippen molar-refractivity contribution in [2.45, 2.75) is 6.92 Å². The molecule has 0 aliphatic carbocycles. The Morgan fingerprint density at radius 3 is 2.77 bits per heavy atom. The molecule has 1 heterocycles. The number of aromatic nitrogens is 2. The van der Waals surface area contributed by atoms with Crippen LogP contribution in [0.4, 0.5) is 0 Å². The number of methoxy groups -OCH3 is 1. The number of carbonyl (C=O) groups excluding carboxylic acids is 1. The fraction of sp³-hybridized carbons (Fsp3) is 0.176. The van der Waals surface area contributed by atoms with Crippen molar-refractivity contribution < 1.29 is 14.3 Å². The summed E-state index contributed by atoms with van der Waals surface area (Å²) >= 11 is 0. The summed E-state index contributed by atoms with van der Waals surface area (Å²) in [4.78, 5) is 19.6. The topological polar surface area (TPSA) is 64.2 Å². The van der Waals surface area contributed by atoms with E-state index in [1.165, 1.54) is 7.11 Å². The van der Waals surface area contributed by atoms with Crippen LogP contribution in [0.15, 0.2) is 42.5 Å². The molecule has 3 aromatic rings.